The van der Waals surface area contributed by atoms with Gasteiger partial charge in [-0.3, -0.25) is 19.2 Å². The number of thiophene rings is 1. The summed E-state index contributed by atoms with van der Waals surface area (Å²) in [6.45, 7) is 5.16. The van der Waals surface area contributed by atoms with Crippen LogP contribution in [0.3, 0.4) is 0 Å². The number of aromatic nitrogens is 2. The summed E-state index contributed by atoms with van der Waals surface area (Å²) in [4.78, 5) is 46.1. The van der Waals surface area contributed by atoms with E-state index in [0.717, 1.165) is 35.3 Å². The molecule has 2 aromatic rings. The molecule has 2 amide bonds. The third-order valence-corrected chi connectivity index (χ3v) is 8.39. The lowest BCUT2D eigenvalue weighted by Crippen LogP contribution is -2.32. The van der Waals surface area contributed by atoms with Crippen molar-refractivity contribution in [1.82, 2.24) is 14.7 Å². The van der Waals surface area contributed by atoms with Crippen molar-refractivity contribution in [2.75, 3.05) is 37.9 Å². The Morgan fingerprint density at radius 2 is 2.18 bits per heavy atom. The summed E-state index contributed by atoms with van der Waals surface area (Å²) < 4.78 is 12.1. The molecule has 1 aliphatic heterocycles. The maximum atomic E-state index is 13.1. The molecule has 2 aliphatic rings. The number of carbonyl (C=O) groups is 3. The zero-order valence-corrected chi connectivity index (χ0v) is 23.7. The molecule has 1 N–H and O–H groups in total. The van der Waals surface area contributed by atoms with Crippen molar-refractivity contribution in [3.8, 4) is 0 Å². The van der Waals surface area contributed by atoms with Gasteiger partial charge in [0.15, 0.2) is 5.17 Å². The van der Waals surface area contributed by atoms with Gasteiger partial charge in [-0.15, -0.1) is 11.3 Å². The Kier molecular flexibility index (Phi) is 9.40. The molecule has 0 radical (unpaired) electrons. The number of hydrogen-bond donors (Lipinski definition) is 1. The summed E-state index contributed by atoms with van der Waals surface area (Å²) in [6, 6.07) is 0. The number of esters is 1. The average molecular weight is 560 g/mol. The topological polar surface area (TPSA) is 115 Å². The van der Waals surface area contributed by atoms with Gasteiger partial charge in [-0.1, -0.05) is 18.7 Å². The van der Waals surface area contributed by atoms with Gasteiger partial charge < -0.3 is 14.8 Å². The molecule has 0 saturated heterocycles. The van der Waals surface area contributed by atoms with Crippen molar-refractivity contribution in [1.29, 1.82) is 0 Å². The third kappa shape index (κ3) is 6.54. The summed E-state index contributed by atoms with van der Waals surface area (Å²) in [5.41, 5.74) is 2.54. The van der Waals surface area contributed by atoms with Crippen molar-refractivity contribution in [3.63, 3.8) is 0 Å². The van der Waals surface area contributed by atoms with E-state index in [4.69, 9.17) is 9.47 Å². The second kappa shape index (κ2) is 12.7. The Hall–Kier alpha value is -2.96. The molecule has 2 aromatic heterocycles. The van der Waals surface area contributed by atoms with Gasteiger partial charge in [-0.2, -0.15) is 5.10 Å². The Balaban J connectivity index is 1.49. The van der Waals surface area contributed by atoms with E-state index < -0.39 is 5.97 Å². The van der Waals surface area contributed by atoms with Gasteiger partial charge in [-0.25, -0.2) is 9.79 Å². The number of amides is 2. The molecular formula is C26H33N5O5S2. The minimum atomic E-state index is -0.400. The molecule has 204 valence electrons. The van der Waals surface area contributed by atoms with Gasteiger partial charge >= 0.3 is 5.97 Å². The van der Waals surface area contributed by atoms with E-state index in [2.05, 4.69) is 22.3 Å². The van der Waals surface area contributed by atoms with E-state index in [-0.39, 0.29) is 24.2 Å². The highest BCUT2D eigenvalue weighted by Crippen LogP contribution is 2.40. The highest BCUT2D eigenvalue weighted by atomic mass is 32.2. The fourth-order valence-electron chi connectivity index (χ4n) is 4.43. The van der Waals surface area contributed by atoms with E-state index in [1.807, 2.05) is 0 Å². The van der Waals surface area contributed by atoms with E-state index in [1.165, 1.54) is 23.1 Å². The minimum Gasteiger partial charge on any atom is -0.462 e. The van der Waals surface area contributed by atoms with Crippen LogP contribution in [0.2, 0.25) is 0 Å². The fourth-order valence-corrected chi connectivity index (χ4v) is 6.67. The molecule has 0 aromatic carbocycles. The zero-order chi connectivity index (χ0) is 27.2. The van der Waals surface area contributed by atoms with E-state index >= 15 is 0 Å². The lowest BCUT2D eigenvalue weighted by Gasteiger charge is -2.18. The van der Waals surface area contributed by atoms with E-state index in [1.54, 1.807) is 49.1 Å². The van der Waals surface area contributed by atoms with Crippen molar-refractivity contribution in [2.24, 2.45) is 18.0 Å². The molecule has 0 spiro atoms. The molecule has 0 fully saturated rings. The molecule has 38 heavy (non-hydrogen) atoms. The molecular weight excluding hydrogens is 526 g/mol. The number of hydrogen-bond acceptors (Lipinski definition) is 9. The van der Waals surface area contributed by atoms with Gasteiger partial charge in [-0.05, 0) is 50.2 Å². The van der Waals surface area contributed by atoms with Crippen LogP contribution < -0.4 is 5.32 Å². The lowest BCUT2D eigenvalue weighted by molar-refractivity contribution is -0.122. The van der Waals surface area contributed by atoms with Crippen LogP contribution in [0, 0.1) is 5.92 Å². The van der Waals surface area contributed by atoms with Crippen LogP contribution in [-0.2, 0) is 39.0 Å². The van der Waals surface area contributed by atoms with Crippen molar-refractivity contribution < 1.29 is 23.9 Å². The Labute approximate surface area is 230 Å². The number of rotatable bonds is 10. The molecule has 1 atom stereocenters. The number of methoxy groups -OCH3 is 1. The first-order valence-electron chi connectivity index (χ1n) is 12.6. The second-order valence-corrected chi connectivity index (χ2v) is 11.3. The summed E-state index contributed by atoms with van der Waals surface area (Å²) in [5.74, 6) is -0.329. The van der Waals surface area contributed by atoms with Crippen LogP contribution in [0.4, 0.5) is 5.00 Å². The number of fused-ring (bicyclic) bond motifs is 1. The van der Waals surface area contributed by atoms with E-state index in [0.29, 0.717) is 46.9 Å². The maximum absolute atomic E-state index is 13.1. The van der Waals surface area contributed by atoms with Gasteiger partial charge in [0.2, 0.25) is 5.91 Å². The Bertz CT molecular complexity index is 1260. The van der Waals surface area contributed by atoms with Crippen LogP contribution in [0.25, 0.3) is 6.08 Å². The predicted octanol–water partition coefficient (Wildman–Crippen LogP) is 3.73. The normalized spacial score (nSPS) is 18.1. The SMILES string of the molecule is CCOC(=O)c1c(NC(=O)CSC2=N/C(=C/c3cnn(C)c3)C(=O)N2CCCOC)sc2c1CCC(C)C2. The highest BCUT2D eigenvalue weighted by Gasteiger charge is 2.32. The Morgan fingerprint density at radius 3 is 2.89 bits per heavy atom. The number of aryl methyl sites for hydroxylation is 1. The minimum absolute atomic E-state index is 0.0360. The standard InChI is InChI=1S/C26H33N5O5S2/c1-5-36-25(34)22-18-8-7-16(2)11-20(18)38-23(22)29-21(32)15-37-26-28-19(12-17-13-27-30(3)14-17)24(33)31(26)9-6-10-35-4/h12-14,16H,5-11,15H2,1-4H3,(H,29,32)/b19-12+. The molecule has 0 saturated carbocycles. The van der Waals surface area contributed by atoms with Crippen LogP contribution in [-0.4, -0.2) is 70.3 Å². The predicted molar refractivity (Wildman–Crippen MR) is 149 cm³/mol. The van der Waals surface area contributed by atoms with Gasteiger partial charge in [0, 0.05) is 43.9 Å². The number of nitrogens with zero attached hydrogens (tertiary/aromatic N) is 4. The maximum Gasteiger partial charge on any atom is 0.341 e. The quantitative estimate of drug-likeness (QED) is 0.268. The van der Waals surface area contributed by atoms with Gasteiger partial charge in [0.1, 0.15) is 10.7 Å². The summed E-state index contributed by atoms with van der Waals surface area (Å²) >= 11 is 2.65. The molecule has 10 nitrogen and oxygen atoms in total. The summed E-state index contributed by atoms with van der Waals surface area (Å²) in [6.07, 6.45) is 8.47. The smallest absolute Gasteiger partial charge is 0.341 e. The number of amidine groups is 1. The number of thioether (sulfide) groups is 1. The molecule has 4 rings (SSSR count). The number of ether oxygens (including phenoxy) is 2. The van der Waals surface area contributed by atoms with Crippen molar-refractivity contribution >= 4 is 57.1 Å². The third-order valence-electron chi connectivity index (χ3n) is 6.25. The summed E-state index contributed by atoms with van der Waals surface area (Å²) in [7, 11) is 3.41. The fraction of sp³-hybridized carbons (Fsp3) is 0.500. The highest BCUT2D eigenvalue weighted by molar-refractivity contribution is 8.14. The van der Waals surface area contributed by atoms with E-state index in [9.17, 15) is 14.4 Å². The number of aliphatic imine (C=N–C) groups is 1. The number of carbonyl (C=O) groups excluding carboxylic acids is 3. The Morgan fingerprint density at radius 1 is 1.37 bits per heavy atom. The van der Waals surface area contributed by atoms with Crippen LogP contribution in [0.15, 0.2) is 23.1 Å². The van der Waals surface area contributed by atoms with Crippen molar-refractivity contribution in [2.45, 2.75) is 39.5 Å². The molecule has 0 bridgehead atoms. The molecule has 12 heteroatoms. The summed E-state index contributed by atoms with van der Waals surface area (Å²) in [5, 5.41) is 8.06. The molecule has 1 unspecified atom stereocenters. The van der Waals surface area contributed by atoms with Gasteiger partial charge in [0.05, 0.1) is 24.1 Å². The first-order valence-corrected chi connectivity index (χ1v) is 14.4. The van der Waals surface area contributed by atoms with Crippen molar-refractivity contribution in [3.05, 3.63) is 39.7 Å². The monoisotopic (exact) mass is 559 g/mol. The van der Waals surface area contributed by atoms with Crippen LogP contribution in [0.5, 0.6) is 0 Å². The first-order chi connectivity index (χ1) is 18.3. The second-order valence-electron chi connectivity index (χ2n) is 9.29. The largest absolute Gasteiger partial charge is 0.462 e. The zero-order valence-electron chi connectivity index (χ0n) is 22.1. The average Bonchev–Trinajstić information content (AvgIpc) is 3.53. The lowest BCUT2D eigenvalue weighted by atomic mass is 9.88. The van der Waals surface area contributed by atoms with Crippen LogP contribution in [0.1, 0.15) is 53.1 Å². The van der Waals surface area contributed by atoms with Gasteiger partial charge in [0.25, 0.3) is 5.91 Å². The van der Waals surface area contributed by atoms with Crippen LogP contribution >= 0.6 is 23.1 Å². The molecule has 1 aliphatic carbocycles. The molecule has 3 heterocycles. The number of anilines is 1. The number of nitrogens with one attached hydrogen (secondary N) is 1. The first kappa shape index (κ1) is 28.1.